The Balaban J connectivity index is 1.06. The number of pyridine rings is 1. The van der Waals surface area contributed by atoms with Crippen molar-refractivity contribution in [3.63, 3.8) is 0 Å². The van der Waals surface area contributed by atoms with E-state index in [2.05, 4.69) is 20.3 Å². The van der Waals surface area contributed by atoms with Gasteiger partial charge in [-0.25, -0.2) is 9.97 Å². The first-order valence-electron chi connectivity index (χ1n) is 10.7. The number of hydrogen-bond donors (Lipinski definition) is 1. The summed E-state index contributed by atoms with van der Waals surface area (Å²) in [6.45, 7) is 1.95. The fraction of sp³-hybridized carbons (Fsp3) is 0.333. The van der Waals surface area contributed by atoms with E-state index in [1.54, 1.807) is 12.3 Å². The molecule has 2 aliphatic rings. The second-order valence-electron chi connectivity index (χ2n) is 9.07. The highest BCUT2D eigenvalue weighted by Crippen LogP contribution is 2.61. The summed E-state index contributed by atoms with van der Waals surface area (Å²) in [6.07, 6.45) is 5.80. The predicted octanol–water partition coefficient (Wildman–Crippen LogP) is 5.76. The van der Waals surface area contributed by atoms with Gasteiger partial charge in [-0.2, -0.15) is 0 Å². The van der Waals surface area contributed by atoms with Crippen molar-refractivity contribution >= 4 is 39.9 Å². The number of amides is 1. The summed E-state index contributed by atoms with van der Waals surface area (Å²) >= 11 is 7.59. The highest BCUT2D eigenvalue weighted by Gasteiger charge is 2.54. The number of benzene rings is 1. The molecule has 3 aromatic heterocycles. The van der Waals surface area contributed by atoms with Gasteiger partial charge in [-0.1, -0.05) is 11.6 Å². The molecule has 2 saturated carbocycles. The molecule has 0 aliphatic heterocycles. The van der Waals surface area contributed by atoms with Gasteiger partial charge in [0.25, 0.3) is 5.91 Å². The summed E-state index contributed by atoms with van der Waals surface area (Å²) in [4.78, 5) is 26.2. The molecule has 2 aliphatic carbocycles. The van der Waals surface area contributed by atoms with Crippen LogP contribution in [0.3, 0.4) is 0 Å². The van der Waals surface area contributed by atoms with Gasteiger partial charge < -0.3 is 9.73 Å². The number of carbonyl (C=O) groups excluding carboxylic acids is 1. The van der Waals surface area contributed by atoms with Gasteiger partial charge in [0.15, 0.2) is 11.5 Å². The van der Waals surface area contributed by atoms with E-state index in [-0.39, 0.29) is 11.9 Å². The predicted molar refractivity (Wildman–Crippen MR) is 124 cm³/mol. The summed E-state index contributed by atoms with van der Waals surface area (Å²) < 4.78 is 5.94. The minimum atomic E-state index is -0.0477. The lowest BCUT2D eigenvalue weighted by Gasteiger charge is -2.57. The Morgan fingerprint density at radius 1 is 1.19 bits per heavy atom. The molecular formula is C24H21ClN4O2S. The van der Waals surface area contributed by atoms with Crippen LogP contribution < -0.4 is 5.32 Å². The molecule has 0 unspecified atom stereocenters. The van der Waals surface area contributed by atoms with E-state index < -0.39 is 0 Å². The van der Waals surface area contributed by atoms with Crippen LogP contribution in [0.15, 0.2) is 46.3 Å². The lowest BCUT2D eigenvalue weighted by atomic mass is 9.50. The van der Waals surface area contributed by atoms with Gasteiger partial charge in [0, 0.05) is 39.8 Å². The van der Waals surface area contributed by atoms with Crippen molar-refractivity contribution < 1.29 is 9.21 Å². The third kappa shape index (κ3) is 3.49. The summed E-state index contributed by atoms with van der Waals surface area (Å²) in [6, 6.07) is 9.33. The maximum Gasteiger partial charge on any atom is 0.251 e. The number of rotatable bonds is 4. The number of hydrogen-bond acceptors (Lipinski definition) is 6. The van der Waals surface area contributed by atoms with Crippen molar-refractivity contribution in [3.8, 4) is 10.7 Å². The molecule has 0 bridgehead atoms. The Morgan fingerprint density at radius 3 is 2.81 bits per heavy atom. The zero-order chi connectivity index (χ0) is 21.9. The molecule has 0 atom stereocenters. The highest BCUT2D eigenvalue weighted by molar-refractivity contribution is 7.13. The molecule has 0 saturated heterocycles. The molecule has 2 fully saturated rings. The Labute approximate surface area is 194 Å². The number of aromatic nitrogens is 3. The third-order valence-electron chi connectivity index (χ3n) is 6.63. The monoisotopic (exact) mass is 464 g/mol. The van der Waals surface area contributed by atoms with E-state index in [0.717, 1.165) is 59.1 Å². The molecule has 1 N–H and O–H groups in total. The smallest absolute Gasteiger partial charge is 0.251 e. The molecule has 6 rings (SSSR count). The first-order chi connectivity index (χ1) is 15.5. The van der Waals surface area contributed by atoms with E-state index in [4.69, 9.17) is 16.0 Å². The molecular weight excluding hydrogens is 444 g/mol. The quantitative estimate of drug-likeness (QED) is 0.415. The van der Waals surface area contributed by atoms with Gasteiger partial charge in [0.05, 0.1) is 5.69 Å². The van der Waals surface area contributed by atoms with Crippen molar-refractivity contribution in [2.75, 3.05) is 0 Å². The second-order valence-corrected chi connectivity index (χ2v) is 10.4. The van der Waals surface area contributed by atoms with Crippen LogP contribution >= 0.6 is 22.9 Å². The maximum atomic E-state index is 12.8. The summed E-state index contributed by atoms with van der Waals surface area (Å²) in [5.41, 5.74) is 4.23. The third-order valence-corrected chi connectivity index (χ3v) is 7.85. The summed E-state index contributed by atoms with van der Waals surface area (Å²) in [7, 11) is 0. The number of halogens is 1. The van der Waals surface area contributed by atoms with Crippen LogP contribution in [0.4, 0.5) is 0 Å². The molecule has 0 radical (unpaired) electrons. The summed E-state index contributed by atoms with van der Waals surface area (Å²) in [5.74, 6) is 1.11. The number of aryl methyl sites for hydroxylation is 1. The van der Waals surface area contributed by atoms with Gasteiger partial charge in [-0.05, 0) is 68.4 Å². The van der Waals surface area contributed by atoms with Gasteiger partial charge in [0.2, 0.25) is 0 Å². The first-order valence-corrected chi connectivity index (χ1v) is 12.0. The second kappa shape index (κ2) is 7.39. The molecule has 1 aromatic carbocycles. The van der Waals surface area contributed by atoms with Crippen molar-refractivity contribution in [2.24, 2.45) is 5.41 Å². The van der Waals surface area contributed by atoms with Gasteiger partial charge in [0.1, 0.15) is 10.5 Å². The van der Waals surface area contributed by atoms with Gasteiger partial charge in [-0.15, -0.1) is 11.3 Å². The van der Waals surface area contributed by atoms with E-state index in [9.17, 15) is 4.79 Å². The van der Waals surface area contributed by atoms with Gasteiger partial charge >= 0.3 is 0 Å². The fourth-order valence-corrected chi connectivity index (χ4v) is 6.03. The molecule has 1 amide bonds. The van der Waals surface area contributed by atoms with Crippen LogP contribution in [0, 0.1) is 12.3 Å². The number of nitrogens with zero attached hydrogens (tertiary/aromatic N) is 3. The van der Waals surface area contributed by atoms with Crippen molar-refractivity contribution in [3.05, 3.63) is 64.1 Å². The van der Waals surface area contributed by atoms with Crippen molar-refractivity contribution in [2.45, 2.75) is 44.6 Å². The number of thiazole rings is 1. The van der Waals surface area contributed by atoms with E-state index in [1.807, 2.05) is 36.6 Å². The van der Waals surface area contributed by atoms with Crippen molar-refractivity contribution in [1.29, 1.82) is 0 Å². The lowest BCUT2D eigenvalue weighted by Crippen LogP contribution is -2.55. The Bertz CT molecular complexity index is 1330. The standard InChI is InChI=1S/C24H21ClN4O2S/c1-13-12-32-23(27-13)19-6-14(4-5-26-19)21(30)28-17-10-24(11-17)8-15(9-24)22-29-18-7-16(25)2-3-20(18)31-22/h2-7,12,15,17H,8-11H2,1H3,(H,28,30). The minimum Gasteiger partial charge on any atom is -0.440 e. The Morgan fingerprint density at radius 2 is 2.03 bits per heavy atom. The molecule has 1 spiro atoms. The van der Waals surface area contributed by atoms with Crippen molar-refractivity contribution in [1.82, 2.24) is 20.3 Å². The fourth-order valence-electron chi connectivity index (χ4n) is 5.10. The van der Waals surface area contributed by atoms with Crippen LogP contribution in [0.5, 0.6) is 0 Å². The van der Waals surface area contributed by atoms with Crippen LogP contribution in [-0.2, 0) is 0 Å². The van der Waals surface area contributed by atoms with Crippen LogP contribution in [0.25, 0.3) is 21.8 Å². The maximum absolute atomic E-state index is 12.8. The SMILES string of the molecule is Cc1csc(-c2cc(C(=O)NC3CC4(C3)CC(c3nc5cc(Cl)ccc5o3)C4)ccn2)n1. The zero-order valence-electron chi connectivity index (χ0n) is 17.5. The van der Waals surface area contributed by atoms with E-state index in [0.29, 0.717) is 21.9 Å². The minimum absolute atomic E-state index is 0.0477. The molecule has 32 heavy (non-hydrogen) atoms. The number of carbonyl (C=O) groups is 1. The van der Waals surface area contributed by atoms with Gasteiger partial charge in [-0.3, -0.25) is 9.78 Å². The molecule has 162 valence electrons. The number of oxazole rings is 1. The number of fused-ring (bicyclic) bond motifs is 1. The number of nitrogens with one attached hydrogen (secondary N) is 1. The highest BCUT2D eigenvalue weighted by atomic mass is 35.5. The molecule has 4 aromatic rings. The molecule has 8 heteroatoms. The van der Waals surface area contributed by atoms with Crippen LogP contribution in [0.2, 0.25) is 5.02 Å². The zero-order valence-corrected chi connectivity index (χ0v) is 19.0. The van der Waals surface area contributed by atoms with Crippen LogP contribution in [0.1, 0.15) is 53.5 Å². The molecule has 6 nitrogen and oxygen atoms in total. The summed E-state index contributed by atoms with van der Waals surface area (Å²) in [5, 5.41) is 6.67. The van der Waals surface area contributed by atoms with Crippen LogP contribution in [-0.4, -0.2) is 26.9 Å². The topological polar surface area (TPSA) is 80.9 Å². The molecule has 3 heterocycles. The Kier molecular flexibility index (Phi) is 4.59. The lowest BCUT2D eigenvalue weighted by molar-refractivity contribution is -0.0253. The average Bonchev–Trinajstić information content (AvgIpc) is 3.34. The largest absolute Gasteiger partial charge is 0.440 e. The van der Waals surface area contributed by atoms with E-state index in [1.165, 1.54) is 11.3 Å². The normalized spacial score (nSPS) is 24.3. The average molecular weight is 465 g/mol. The first kappa shape index (κ1) is 19.9. The Hall–Kier alpha value is -2.77. The van der Waals surface area contributed by atoms with E-state index >= 15 is 0 Å².